The summed E-state index contributed by atoms with van der Waals surface area (Å²) in [6.45, 7) is 4.49. The van der Waals surface area contributed by atoms with Crippen molar-refractivity contribution in [3.8, 4) is 0 Å². The highest BCUT2D eigenvalue weighted by Crippen LogP contribution is 2.24. The zero-order chi connectivity index (χ0) is 16.3. The van der Waals surface area contributed by atoms with Crippen molar-refractivity contribution in [1.82, 2.24) is 15.0 Å². The maximum absolute atomic E-state index is 12.3. The lowest BCUT2D eigenvalue weighted by atomic mass is 10.2. The number of nitrogens with two attached hydrogens (primary N) is 1. The van der Waals surface area contributed by atoms with Crippen LogP contribution in [0.1, 0.15) is 23.0 Å². The highest BCUT2D eigenvalue weighted by Gasteiger charge is 2.19. The van der Waals surface area contributed by atoms with Gasteiger partial charge >= 0.3 is 0 Å². The summed E-state index contributed by atoms with van der Waals surface area (Å²) in [7, 11) is 1.81. The lowest BCUT2D eigenvalue weighted by Crippen LogP contribution is -2.22. The van der Waals surface area contributed by atoms with Gasteiger partial charge in [0.2, 0.25) is 0 Å². The van der Waals surface area contributed by atoms with Crippen LogP contribution in [-0.4, -0.2) is 34.5 Å². The number of carbonyl (C=O) groups excluding carboxylic acids is 1. The number of rotatable bonds is 4. The molecule has 2 aromatic rings. The highest BCUT2D eigenvalue weighted by atomic mass is 35.5. The van der Waals surface area contributed by atoms with E-state index < -0.39 is 5.91 Å². The number of aromatic nitrogens is 3. The molecule has 0 spiro atoms. The first-order valence-corrected chi connectivity index (χ1v) is 7.08. The van der Waals surface area contributed by atoms with Gasteiger partial charge in [-0.25, -0.2) is 9.97 Å². The fraction of sp³-hybridized carbons (Fsp3) is 0.286. The van der Waals surface area contributed by atoms with Crippen LogP contribution in [0.3, 0.4) is 0 Å². The van der Waals surface area contributed by atoms with Crippen LogP contribution in [0.5, 0.6) is 0 Å². The van der Waals surface area contributed by atoms with Crippen LogP contribution in [0, 0.1) is 6.92 Å². The van der Waals surface area contributed by atoms with E-state index in [2.05, 4.69) is 20.3 Å². The second-order valence-electron chi connectivity index (χ2n) is 4.73. The lowest BCUT2D eigenvalue weighted by molar-refractivity contribution is 0.102. The van der Waals surface area contributed by atoms with E-state index in [0.717, 1.165) is 5.56 Å². The van der Waals surface area contributed by atoms with Crippen LogP contribution < -0.4 is 16.0 Å². The van der Waals surface area contributed by atoms with Gasteiger partial charge in [0.25, 0.3) is 5.91 Å². The quantitative estimate of drug-likeness (QED) is 0.895. The van der Waals surface area contributed by atoms with Gasteiger partial charge < -0.3 is 16.0 Å². The number of amides is 1. The predicted molar refractivity (Wildman–Crippen MR) is 87.3 cm³/mol. The maximum Gasteiger partial charge on any atom is 0.278 e. The lowest BCUT2D eigenvalue weighted by Gasteiger charge is -2.17. The average Bonchev–Trinajstić information content (AvgIpc) is 2.50. The smallest absolute Gasteiger partial charge is 0.278 e. The molecule has 0 aliphatic carbocycles. The number of pyridine rings is 1. The minimum Gasteiger partial charge on any atom is -0.382 e. The summed E-state index contributed by atoms with van der Waals surface area (Å²) in [4.78, 5) is 26.3. The molecule has 0 aliphatic heterocycles. The van der Waals surface area contributed by atoms with Gasteiger partial charge in [-0.1, -0.05) is 11.6 Å². The van der Waals surface area contributed by atoms with E-state index in [9.17, 15) is 4.79 Å². The summed E-state index contributed by atoms with van der Waals surface area (Å²) in [5.41, 5.74) is 7.29. The Morgan fingerprint density at radius 2 is 2.18 bits per heavy atom. The number of aryl methyl sites for hydroxylation is 1. The molecule has 0 fully saturated rings. The molecule has 0 saturated heterocycles. The third kappa shape index (κ3) is 3.25. The largest absolute Gasteiger partial charge is 0.382 e. The third-order valence-corrected chi connectivity index (χ3v) is 3.46. The Morgan fingerprint density at radius 1 is 1.45 bits per heavy atom. The number of carbonyl (C=O) groups is 1. The Balaban J connectivity index is 2.31. The molecule has 0 bridgehead atoms. The number of hydrogen-bond donors (Lipinski definition) is 2. The second kappa shape index (κ2) is 6.57. The summed E-state index contributed by atoms with van der Waals surface area (Å²) in [5.74, 6) is -0.0109. The van der Waals surface area contributed by atoms with E-state index in [1.807, 2.05) is 20.9 Å². The van der Waals surface area contributed by atoms with Crippen molar-refractivity contribution in [1.29, 1.82) is 0 Å². The van der Waals surface area contributed by atoms with E-state index in [4.69, 9.17) is 17.3 Å². The van der Waals surface area contributed by atoms with Crippen LogP contribution in [0.25, 0.3) is 0 Å². The molecule has 0 radical (unpaired) electrons. The van der Waals surface area contributed by atoms with E-state index in [1.54, 1.807) is 23.4 Å². The Hall–Kier alpha value is -2.41. The second-order valence-corrected chi connectivity index (χ2v) is 5.09. The molecule has 7 nitrogen and oxygen atoms in total. The van der Waals surface area contributed by atoms with E-state index in [-0.39, 0.29) is 16.7 Å². The zero-order valence-corrected chi connectivity index (χ0v) is 13.3. The Labute approximate surface area is 133 Å². The number of hydrogen-bond acceptors (Lipinski definition) is 6. The van der Waals surface area contributed by atoms with Crippen LogP contribution >= 0.6 is 11.6 Å². The average molecular weight is 321 g/mol. The van der Waals surface area contributed by atoms with Gasteiger partial charge in [-0.2, -0.15) is 0 Å². The van der Waals surface area contributed by atoms with E-state index in [0.29, 0.717) is 18.1 Å². The van der Waals surface area contributed by atoms with Crippen LogP contribution in [0.4, 0.5) is 17.3 Å². The van der Waals surface area contributed by atoms with Crippen molar-refractivity contribution in [2.75, 3.05) is 29.5 Å². The van der Waals surface area contributed by atoms with Gasteiger partial charge in [0.15, 0.2) is 22.5 Å². The summed E-state index contributed by atoms with van der Waals surface area (Å²) >= 11 is 6.09. The topological polar surface area (TPSA) is 97.0 Å². The molecule has 0 atom stereocenters. The molecule has 8 heteroatoms. The molecule has 22 heavy (non-hydrogen) atoms. The van der Waals surface area contributed by atoms with Crippen molar-refractivity contribution < 1.29 is 4.79 Å². The molecular weight excluding hydrogens is 304 g/mol. The monoisotopic (exact) mass is 320 g/mol. The van der Waals surface area contributed by atoms with E-state index >= 15 is 0 Å². The van der Waals surface area contributed by atoms with Crippen molar-refractivity contribution in [2.45, 2.75) is 13.8 Å². The van der Waals surface area contributed by atoms with Gasteiger partial charge in [-0.3, -0.25) is 9.78 Å². The zero-order valence-electron chi connectivity index (χ0n) is 12.6. The number of nitrogens with one attached hydrogen (secondary N) is 1. The molecule has 2 rings (SSSR count). The molecular formula is C14H17ClN6O. The van der Waals surface area contributed by atoms with Crippen LogP contribution in [-0.2, 0) is 0 Å². The number of nitrogens with zero attached hydrogens (tertiary/aromatic N) is 4. The van der Waals surface area contributed by atoms with Gasteiger partial charge in [-0.05, 0) is 25.5 Å². The summed E-state index contributed by atoms with van der Waals surface area (Å²) in [6.07, 6.45) is 3.20. The molecule has 2 aromatic heterocycles. The van der Waals surface area contributed by atoms with Gasteiger partial charge in [0.1, 0.15) is 0 Å². The fourth-order valence-electron chi connectivity index (χ4n) is 1.75. The Morgan fingerprint density at radius 3 is 2.82 bits per heavy atom. The molecule has 1 amide bonds. The highest BCUT2D eigenvalue weighted by molar-refractivity contribution is 6.32. The predicted octanol–water partition coefficient (Wildman–Crippen LogP) is 2.12. The Bertz CT molecular complexity index is 706. The summed E-state index contributed by atoms with van der Waals surface area (Å²) < 4.78 is 0. The van der Waals surface area contributed by atoms with Gasteiger partial charge in [0.05, 0.1) is 11.9 Å². The SMILES string of the molecule is CCN(C)c1nc(N)c(C(=O)Nc2cnccc2C)nc1Cl. The number of anilines is 3. The molecule has 116 valence electrons. The molecule has 0 aromatic carbocycles. The fourth-order valence-corrected chi connectivity index (χ4v) is 2.03. The van der Waals surface area contributed by atoms with Crippen molar-refractivity contribution in [2.24, 2.45) is 0 Å². The van der Waals surface area contributed by atoms with Crippen molar-refractivity contribution in [3.63, 3.8) is 0 Å². The van der Waals surface area contributed by atoms with Crippen LogP contribution in [0.2, 0.25) is 5.15 Å². The molecule has 0 saturated carbocycles. The molecule has 0 unspecified atom stereocenters. The third-order valence-electron chi connectivity index (χ3n) is 3.20. The standard InChI is InChI=1S/C14H17ClN6O/c1-4-21(3)13-11(15)19-10(12(16)20-13)14(22)18-9-7-17-6-5-8(9)2/h5-7H,4H2,1-3H3,(H2,16,20)(H,18,22). The minimum absolute atomic E-state index is 0.0125. The molecule has 0 aliphatic rings. The van der Waals surface area contributed by atoms with Crippen LogP contribution in [0.15, 0.2) is 18.5 Å². The van der Waals surface area contributed by atoms with Gasteiger partial charge in [-0.15, -0.1) is 0 Å². The molecule has 2 heterocycles. The van der Waals surface area contributed by atoms with Crippen molar-refractivity contribution in [3.05, 3.63) is 34.9 Å². The maximum atomic E-state index is 12.3. The Kier molecular flexibility index (Phi) is 4.77. The summed E-state index contributed by atoms with van der Waals surface area (Å²) in [6, 6.07) is 1.79. The van der Waals surface area contributed by atoms with Crippen molar-refractivity contribution >= 4 is 34.8 Å². The summed E-state index contributed by atoms with van der Waals surface area (Å²) in [5, 5.41) is 2.83. The van der Waals surface area contributed by atoms with Gasteiger partial charge in [0, 0.05) is 19.8 Å². The molecule has 3 N–H and O–H groups in total. The first kappa shape index (κ1) is 16.0. The van der Waals surface area contributed by atoms with E-state index in [1.165, 1.54) is 0 Å². The number of halogens is 1. The number of nitrogen functional groups attached to an aromatic ring is 1. The minimum atomic E-state index is -0.478. The normalized spacial score (nSPS) is 10.4. The first-order valence-electron chi connectivity index (χ1n) is 6.70. The first-order chi connectivity index (χ1) is 10.4.